The minimum Gasteiger partial charge on any atom is -0.320 e. The average Bonchev–Trinajstić information content (AvgIpc) is 2.19. The van der Waals surface area contributed by atoms with E-state index in [4.69, 9.17) is 14.8 Å². The van der Waals surface area contributed by atoms with E-state index in [9.17, 15) is 4.57 Å². The Morgan fingerprint density at radius 3 is 1.73 bits per heavy atom. The van der Waals surface area contributed by atoms with Gasteiger partial charge in [0, 0.05) is 0 Å². The Bertz CT molecular complexity index is 167. The summed E-state index contributed by atoms with van der Waals surface area (Å²) in [5.74, 6) is 0. The molecule has 0 spiro atoms. The van der Waals surface area contributed by atoms with Crippen molar-refractivity contribution in [3.63, 3.8) is 0 Å². The molecule has 0 fully saturated rings. The lowest BCUT2D eigenvalue weighted by molar-refractivity contribution is 0.200. The van der Waals surface area contributed by atoms with Gasteiger partial charge in [0.25, 0.3) is 0 Å². The van der Waals surface area contributed by atoms with Crippen LogP contribution in [0.2, 0.25) is 0 Å². The number of hydrogen-bond acceptors (Lipinski definition) is 4. The molecule has 0 saturated carbocycles. The molecule has 4 nitrogen and oxygen atoms in total. The molecule has 15 heavy (non-hydrogen) atoms. The van der Waals surface area contributed by atoms with Crippen LogP contribution >= 0.6 is 20.0 Å². The van der Waals surface area contributed by atoms with E-state index in [2.05, 4.69) is 13.8 Å². The first-order valence-electron chi connectivity index (χ1n) is 5.26. The van der Waals surface area contributed by atoms with Crippen LogP contribution in [0, 0.1) is 0 Å². The molecule has 0 aromatic heterocycles. The molecule has 0 aromatic carbocycles. The Balaban J connectivity index is 0. The van der Waals surface area contributed by atoms with Gasteiger partial charge < -0.3 is 14.8 Å². The van der Waals surface area contributed by atoms with Crippen LogP contribution in [0.3, 0.4) is 0 Å². The van der Waals surface area contributed by atoms with E-state index in [1.807, 2.05) is 0 Å². The molecule has 0 bridgehead atoms. The molecular formula is C9H23ClNO3P. The first-order chi connectivity index (χ1) is 6.68. The lowest BCUT2D eigenvalue weighted by atomic mass is 10.4. The fourth-order valence-electron chi connectivity index (χ4n) is 0.839. The molecule has 0 heterocycles. The summed E-state index contributed by atoms with van der Waals surface area (Å²) in [5.41, 5.74) is 5.36. The van der Waals surface area contributed by atoms with Crippen LogP contribution in [-0.4, -0.2) is 19.5 Å². The summed E-state index contributed by atoms with van der Waals surface area (Å²) in [4.78, 5) is 0. The van der Waals surface area contributed by atoms with Crippen LogP contribution in [0.1, 0.15) is 39.5 Å². The third-order valence-electron chi connectivity index (χ3n) is 1.80. The SMILES string of the molecule is CCCCOP(=O)(CN)OCCCC.Cl. The van der Waals surface area contributed by atoms with E-state index < -0.39 is 7.60 Å². The van der Waals surface area contributed by atoms with Gasteiger partial charge in [-0.1, -0.05) is 26.7 Å². The fraction of sp³-hybridized carbons (Fsp3) is 1.00. The van der Waals surface area contributed by atoms with Crippen molar-refractivity contribution in [3.8, 4) is 0 Å². The summed E-state index contributed by atoms with van der Waals surface area (Å²) in [6, 6.07) is 0. The molecule has 0 amide bonds. The summed E-state index contributed by atoms with van der Waals surface area (Å²) < 4.78 is 22.1. The largest absolute Gasteiger partial charge is 0.344 e. The molecule has 0 aliphatic heterocycles. The van der Waals surface area contributed by atoms with Crippen LogP contribution in [0.5, 0.6) is 0 Å². The standard InChI is InChI=1S/C9H22NO3P.ClH/c1-3-5-7-12-14(11,9-10)13-8-6-4-2;/h3-10H2,1-2H3;1H. The maximum atomic E-state index is 11.8. The van der Waals surface area contributed by atoms with Gasteiger partial charge in [0.15, 0.2) is 0 Å². The lowest BCUT2D eigenvalue weighted by Crippen LogP contribution is -2.08. The second kappa shape index (κ2) is 10.9. The molecule has 0 aromatic rings. The van der Waals surface area contributed by atoms with E-state index in [-0.39, 0.29) is 18.7 Å². The molecule has 0 aliphatic carbocycles. The minimum atomic E-state index is -2.98. The molecule has 0 aliphatic rings. The Morgan fingerprint density at radius 2 is 1.47 bits per heavy atom. The van der Waals surface area contributed by atoms with Gasteiger partial charge in [-0.3, -0.25) is 4.57 Å². The third kappa shape index (κ3) is 9.34. The zero-order chi connectivity index (χ0) is 10.9. The van der Waals surface area contributed by atoms with Gasteiger partial charge in [0.05, 0.1) is 19.5 Å². The Morgan fingerprint density at radius 1 is 1.07 bits per heavy atom. The number of hydrogen-bond donors (Lipinski definition) is 1. The molecule has 0 unspecified atom stereocenters. The highest BCUT2D eigenvalue weighted by molar-refractivity contribution is 7.53. The van der Waals surface area contributed by atoms with Gasteiger partial charge in [-0.25, -0.2) is 0 Å². The normalized spacial score (nSPS) is 11.1. The Labute approximate surface area is 98.8 Å². The lowest BCUT2D eigenvalue weighted by Gasteiger charge is -2.16. The highest BCUT2D eigenvalue weighted by Crippen LogP contribution is 2.46. The molecular weight excluding hydrogens is 237 g/mol. The van der Waals surface area contributed by atoms with Crippen LogP contribution in [-0.2, 0) is 13.6 Å². The van der Waals surface area contributed by atoms with Crippen molar-refractivity contribution < 1.29 is 13.6 Å². The Hall–Kier alpha value is 0.400. The van der Waals surface area contributed by atoms with Crippen molar-refractivity contribution in [2.45, 2.75) is 39.5 Å². The Kier molecular flexibility index (Phi) is 12.9. The number of halogens is 1. The van der Waals surface area contributed by atoms with Gasteiger partial charge in [-0.05, 0) is 12.8 Å². The van der Waals surface area contributed by atoms with Crippen LogP contribution < -0.4 is 5.73 Å². The van der Waals surface area contributed by atoms with Crippen LogP contribution in [0.25, 0.3) is 0 Å². The quantitative estimate of drug-likeness (QED) is 0.510. The molecule has 0 atom stereocenters. The second-order valence-electron chi connectivity index (χ2n) is 3.17. The average molecular weight is 260 g/mol. The molecule has 0 radical (unpaired) electrons. The first-order valence-corrected chi connectivity index (χ1v) is 6.99. The fourth-order valence-corrected chi connectivity index (χ4v) is 1.94. The van der Waals surface area contributed by atoms with Gasteiger partial charge in [0.2, 0.25) is 0 Å². The number of unbranched alkanes of at least 4 members (excludes halogenated alkanes) is 2. The smallest absolute Gasteiger partial charge is 0.320 e. The zero-order valence-corrected chi connectivity index (χ0v) is 11.3. The maximum absolute atomic E-state index is 11.8. The van der Waals surface area contributed by atoms with E-state index in [0.29, 0.717) is 13.2 Å². The van der Waals surface area contributed by atoms with Gasteiger partial charge in [0.1, 0.15) is 0 Å². The van der Waals surface area contributed by atoms with E-state index in [0.717, 1.165) is 25.7 Å². The summed E-state index contributed by atoms with van der Waals surface area (Å²) in [6.45, 7) is 5.04. The van der Waals surface area contributed by atoms with Crippen molar-refractivity contribution in [1.29, 1.82) is 0 Å². The molecule has 0 saturated heterocycles. The second-order valence-corrected chi connectivity index (χ2v) is 5.27. The predicted octanol–water partition coefficient (Wildman–Crippen LogP) is 3.15. The summed E-state index contributed by atoms with van der Waals surface area (Å²) >= 11 is 0. The summed E-state index contributed by atoms with van der Waals surface area (Å²) in [5, 5.41) is 0. The molecule has 94 valence electrons. The van der Waals surface area contributed by atoms with Crippen LogP contribution in [0.4, 0.5) is 0 Å². The van der Waals surface area contributed by atoms with Crippen molar-refractivity contribution in [1.82, 2.24) is 0 Å². The molecule has 6 heteroatoms. The predicted molar refractivity (Wildman–Crippen MR) is 65.6 cm³/mol. The third-order valence-corrected chi connectivity index (χ3v) is 3.39. The minimum absolute atomic E-state index is 0. The molecule has 2 N–H and O–H groups in total. The maximum Gasteiger partial charge on any atom is 0.344 e. The van der Waals surface area contributed by atoms with E-state index in [1.54, 1.807) is 0 Å². The topological polar surface area (TPSA) is 61.5 Å². The summed E-state index contributed by atoms with van der Waals surface area (Å²) in [6.07, 6.45) is 3.78. The zero-order valence-electron chi connectivity index (χ0n) is 9.61. The van der Waals surface area contributed by atoms with Crippen molar-refractivity contribution in [2.24, 2.45) is 5.73 Å². The highest BCUT2D eigenvalue weighted by atomic mass is 35.5. The molecule has 0 rings (SSSR count). The van der Waals surface area contributed by atoms with Crippen molar-refractivity contribution in [2.75, 3.05) is 19.5 Å². The highest BCUT2D eigenvalue weighted by Gasteiger charge is 2.21. The van der Waals surface area contributed by atoms with Crippen molar-refractivity contribution in [3.05, 3.63) is 0 Å². The van der Waals surface area contributed by atoms with Gasteiger partial charge in [-0.15, -0.1) is 12.4 Å². The van der Waals surface area contributed by atoms with Crippen LogP contribution in [0.15, 0.2) is 0 Å². The first kappa shape index (κ1) is 17.8. The van der Waals surface area contributed by atoms with E-state index >= 15 is 0 Å². The van der Waals surface area contributed by atoms with Gasteiger partial charge in [-0.2, -0.15) is 0 Å². The number of nitrogens with two attached hydrogens (primary N) is 1. The summed E-state index contributed by atoms with van der Waals surface area (Å²) in [7, 11) is -2.98. The number of rotatable bonds is 9. The van der Waals surface area contributed by atoms with Gasteiger partial charge >= 0.3 is 7.60 Å². The van der Waals surface area contributed by atoms with E-state index in [1.165, 1.54) is 0 Å². The monoisotopic (exact) mass is 259 g/mol. The van der Waals surface area contributed by atoms with Crippen molar-refractivity contribution >= 4 is 20.0 Å².